The lowest BCUT2D eigenvalue weighted by molar-refractivity contribution is -0.146. The Kier molecular flexibility index (Phi) is 4.83. The van der Waals surface area contributed by atoms with E-state index in [1.165, 1.54) is 0 Å². The van der Waals surface area contributed by atoms with Gasteiger partial charge in [-0.2, -0.15) is 0 Å². The highest BCUT2D eigenvalue weighted by Gasteiger charge is 2.20. The molecule has 1 unspecified atom stereocenters. The predicted octanol–water partition coefficient (Wildman–Crippen LogP) is 1.99. The van der Waals surface area contributed by atoms with Crippen molar-refractivity contribution in [3.05, 3.63) is 0 Å². The van der Waals surface area contributed by atoms with Gasteiger partial charge in [-0.15, -0.1) is 23.2 Å². The molecule has 0 aliphatic rings. The normalized spacial score (nSPS) is 13.3. The van der Waals surface area contributed by atoms with Crippen LogP contribution in [0.3, 0.4) is 0 Å². The molecule has 0 aromatic rings. The lowest BCUT2D eigenvalue weighted by Crippen LogP contribution is -2.20. The molecule has 0 radical (unpaired) electrons. The number of halogens is 2. The zero-order valence-electron chi connectivity index (χ0n) is 5.93. The van der Waals surface area contributed by atoms with E-state index in [1.54, 1.807) is 13.8 Å². The minimum absolute atomic E-state index is 0.350. The van der Waals surface area contributed by atoms with E-state index in [2.05, 4.69) is 4.74 Å². The summed E-state index contributed by atoms with van der Waals surface area (Å²) in [5.74, 6) is -0.791. The second-order valence-electron chi connectivity index (χ2n) is 1.88. The van der Waals surface area contributed by atoms with Crippen molar-refractivity contribution < 1.29 is 9.53 Å². The van der Waals surface area contributed by atoms with Gasteiger partial charge in [-0.3, -0.25) is 4.79 Å². The maximum Gasteiger partial charge on any atom is 0.311 e. The first-order valence-electron chi connectivity index (χ1n) is 3.04. The van der Waals surface area contributed by atoms with Gasteiger partial charge in [0.1, 0.15) is 4.84 Å². The summed E-state index contributed by atoms with van der Waals surface area (Å²) in [4.78, 5) is 10.1. The van der Waals surface area contributed by atoms with Crippen LogP contribution in [0.2, 0.25) is 0 Å². The fourth-order valence-corrected chi connectivity index (χ4v) is 0.582. The van der Waals surface area contributed by atoms with Crippen LogP contribution in [0.25, 0.3) is 0 Å². The molecule has 0 aliphatic heterocycles. The molecule has 0 aromatic heterocycles. The van der Waals surface area contributed by atoms with E-state index < -0.39 is 10.8 Å². The second kappa shape index (κ2) is 4.80. The Bertz CT molecular complexity index is 114. The first-order chi connectivity index (χ1) is 4.59. The van der Waals surface area contributed by atoms with Gasteiger partial charge in [0.2, 0.25) is 0 Å². The number of hydrogen-bond donors (Lipinski definition) is 0. The molecule has 0 N–H and O–H groups in total. The van der Waals surface area contributed by atoms with Crippen LogP contribution < -0.4 is 0 Å². The van der Waals surface area contributed by atoms with Crippen molar-refractivity contribution in [2.75, 3.05) is 6.61 Å². The Morgan fingerprint density at radius 2 is 2.10 bits per heavy atom. The quantitative estimate of drug-likeness (QED) is 0.496. The van der Waals surface area contributed by atoms with E-state index in [1.807, 2.05) is 0 Å². The summed E-state index contributed by atoms with van der Waals surface area (Å²) in [5, 5.41) is 0. The molecule has 60 valence electrons. The van der Waals surface area contributed by atoms with Gasteiger partial charge in [0.15, 0.2) is 0 Å². The lowest BCUT2D eigenvalue weighted by Gasteiger charge is -2.09. The third-order valence-electron chi connectivity index (χ3n) is 1.04. The number of esters is 1. The van der Waals surface area contributed by atoms with Crippen molar-refractivity contribution in [1.82, 2.24) is 0 Å². The van der Waals surface area contributed by atoms with Crippen LogP contribution in [0.1, 0.15) is 13.8 Å². The van der Waals surface area contributed by atoms with Crippen LogP contribution in [0.15, 0.2) is 0 Å². The van der Waals surface area contributed by atoms with E-state index in [-0.39, 0.29) is 5.97 Å². The van der Waals surface area contributed by atoms with E-state index in [9.17, 15) is 4.79 Å². The molecule has 0 aromatic carbocycles. The van der Waals surface area contributed by atoms with Gasteiger partial charge in [0.05, 0.1) is 12.5 Å². The summed E-state index contributed by atoms with van der Waals surface area (Å²) in [5.41, 5.74) is 0. The van der Waals surface area contributed by atoms with Gasteiger partial charge in [-0.25, -0.2) is 0 Å². The van der Waals surface area contributed by atoms with Crippen molar-refractivity contribution >= 4 is 29.2 Å². The van der Waals surface area contributed by atoms with E-state index >= 15 is 0 Å². The Hall–Kier alpha value is 0.0500. The van der Waals surface area contributed by atoms with Gasteiger partial charge >= 0.3 is 5.97 Å². The third-order valence-corrected chi connectivity index (χ3v) is 1.79. The highest BCUT2D eigenvalue weighted by atomic mass is 35.5. The molecule has 0 bridgehead atoms. The summed E-state index contributed by atoms with van der Waals surface area (Å²) in [6.45, 7) is 3.73. The number of carbonyl (C=O) groups is 1. The molecule has 0 aliphatic carbocycles. The molecule has 4 heteroatoms. The van der Waals surface area contributed by atoms with Crippen LogP contribution in [0, 0.1) is 5.92 Å². The standard InChI is InChI=1S/C6H10Cl2O2/c1-3-10-6(9)4(2)5(7)8/h4-5H,3H2,1-2H3. The lowest BCUT2D eigenvalue weighted by atomic mass is 10.2. The molecule has 0 heterocycles. The van der Waals surface area contributed by atoms with Crippen molar-refractivity contribution in [1.29, 1.82) is 0 Å². The summed E-state index contributed by atoms with van der Waals surface area (Å²) in [7, 11) is 0. The fraction of sp³-hybridized carbons (Fsp3) is 0.833. The predicted molar refractivity (Wildman–Crippen MR) is 41.3 cm³/mol. The third kappa shape index (κ3) is 3.28. The van der Waals surface area contributed by atoms with Gasteiger partial charge in [0.25, 0.3) is 0 Å². The van der Waals surface area contributed by atoms with Crippen LogP contribution >= 0.6 is 23.2 Å². The van der Waals surface area contributed by atoms with Crippen LogP contribution in [-0.2, 0) is 9.53 Å². The highest BCUT2D eigenvalue weighted by molar-refractivity contribution is 6.45. The van der Waals surface area contributed by atoms with Crippen LogP contribution in [0.4, 0.5) is 0 Å². The summed E-state index contributed by atoms with van der Waals surface area (Å²) >= 11 is 10.8. The molecule has 0 fully saturated rings. The average Bonchev–Trinajstić information content (AvgIpc) is 1.87. The van der Waals surface area contributed by atoms with Crippen LogP contribution in [-0.4, -0.2) is 17.4 Å². The second-order valence-corrected chi connectivity index (χ2v) is 3.04. The van der Waals surface area contributed by atoms with E-state index in [0.717, 1.165) is 0 Å². The Morgan fingerprint density at radius 3 is 2.40 bits per heavy atom. The molecule has 0 saturated heterocycles. The zero-order valence-corrected chi connectivity index (χ0v) is 7.45. The number of rotatable bonds is 3. The molecule has 2 nitrogen and oxygen atoms in total. The van der Waals surface area contributed by atoms with Crippen molar-refractivity contribution in [3.63, 3.8) is 0 Å². The number of alkyl halides is 2. The molecule has 1 atom stereocenters. The Labute approximate surface area is 70.4 Å². The SMILES string of the molecule is CCOC(=O)C(C)C(Cl)Cl. The first kappa shape index (κ1) is 10.0. The molecular weight excluding hydrogens is 175 g/mol. The summed E-state index contributed by atoms with van der Waals surface area (Å²) in [6.07, 6.45) is 0. The van der Waals surface area contributed by atoms with Crippen molar-refractivity contribution in [3.8, 4) is 0 Å². The largest absolute Gasteiger partial charge is 0.466 e. The Morgan fingerprint density at radius 1 is 1.60 bits per heavy atom. The molecule has 10 heavy (non-hydrogen) atoms. The fourth-order valence-electron chi connectivity index (χ4n) is 0.377. The zero-order chi connectivity index (χ0) is 8.15. The number of carbonyl (C=O) groups excluding carboxylic acids is 1. The van der Waals surface area contributed by atoms with Crippen molar-refractivity contribution in [2.45, 2.75) is 18.7 Å². The van der Waals surface area contributed by atoms with Gasteiger partial charge in [-0.05, 0) is 13.8 Å². The van der Waals surface area contributed by atoms with Gasteiger partial charge in [0, 0.05) is 0 Å². The number of ether oxygens (including phenoxy) is 1. The van der Waals surface area contributed by atoms with Crippen molar-refractivity contribution in [2.24, 2.45) is 5.92 Å². The molecule has 0 spiro atoms. The van der Waals surface area contributed by atoms with Crippen LogP contribution in [0.5, 0.6) is 0 Å². The maximum absolute atomic E-state index is 10.8. The molecule has 0 amide bonds. The number of hydrogen-bond acceptors (Lipinski definition) is 2. The monoisotopic (exact) mass is 184 g/mol. The van der Waals surface area contributed by atoms with Gasteiger partial charge < -0.3 is 4.74 Å². The minimum atomic E-state index is -0.681. The molecule has 0 saturated carbocycles. The first-order valence-corrected chi connectivity index (χ1v) is 3.91. The smallest absolute Gasteiger partial charge is 0.311 e. The highest BCUT2D eigenvalue weighted by Crippen LogP contribution is 2.15. The van der Waals surface area contributed by atoms with Gasteiger partial charge in [-0.1, -0.05) is 0 Å². The Balaban J connectivity index is 3.71. The summed E-state index contributed by atoms with van der Waals surface area (Å²) < 4.78 is 4.66. The minimum Gasteiger partial charge on any atom is -0.466 e. The summed E-state index contributed by atoms with van der Waals surface area (Å²) in [6, 6.07) is 0. The topological polar surface area (TPSA) is 26.3 Å². The van der Waals surface area contributed by atoms with E-state index in [0.29, 0.717) is 6.61 Å². The molecular formula is C6H10Cl2O2. The average molecular weight is 185 g/mol. The van der Waals surface area contributed by atoms with E-state index in [4.69, 9.17) is 23.2 Å². The maximum atomic E-state index is 10.8. The molecule has 0 rings (SSSR count).